The van der Waals surface area contributed by atoms with Crippen LogP contribution in [-0.2, 0) is 14.3 Å². The van der Waals surface area contributed by atoms with E-state index >= 15 is 0 Å². The van der Waals surface area contributed by atoms with Crippen molar-refractivity contribution in [3.8, 4) is 0 Å². The summed E-state index contributed by atoms with van der Waals surface area (Å²) in [5, 5.41) is 5.29. The number of esters is 1. The summed E-state index contributed by atoms with van der Waals surface area (Å²) in [4.78, 5) is 48.5. The van der Waals surface area contributed by atoms with Crippen molar-refractivity contribution in [2.45, 2.75) is 24.8 Å². The Balaban J connectivity index is 1.92. The molecule has 7 heteroatoms. The Bertz CT molecular complexity index is 839. The zero-order chi connectivity index (χ0) is 21.1. The summed E-state index contributed by atoms with van der Waals surface area (Å²) >= 11 is 0. The molecule has 0 spiro atoms. The van der Waals surface area contributed by atoms with E-state index in [1.807, 2.05) is 6.07 Å². The quantitative estimate of drug-likeness (QED) is 0.277. The van der Waals surface area contributed by atoms with E-state index in [1.165, 1.54) is 0 Å². The molecule has 0 saturated carbocycles. The van der Waals surface area contributed by atoms with Crippen molar-refractivity contribution < 1.29 is 23.9 Å². The first-order valence-corrected chi connectivity index (χ1v) is 9.28. The molecule has 0 aliphatic rings. The number of benzene rings is 2. The molecule has 0 saturated heterocycles. The van der Waals surface area contributed by atoms with Gasteiger partial charge in [-0.05, 0) is 43.5 Å². The Morgan fingerprint density at radius 3 is 1.97 bits per heavy atom. The van der Waals surface area contributed by atoms with Gasteiger partial charge in [-0.2, -0.15) is 0 Å². The van der Waals surface area contributed by atoms with Gasteiger partial charge in [-0.15, -0.1) is 0 Å². The summed E-state index contributed by atoms with van der Waals surface area (Å²) in [5.74, 6) is -1.57. The number of hydrogen-bond donors (Lipinski definition) is 2. The molecule has 0 aliphatic carbocycles. The molecule has 2 N–H and O–H groups in total. The smallest absolute Gasteiger partial charge is 0.339 e. The average molecular weight is 396 g/mol. The fourth-order valence-corrected chi connectivity index (χ4v) is 2.82. The molecule has 152 valence electrons. The molecule has 0 radical (unpaired) electrons. The lowest BCUT2D eigenvalue weighted by atomic mass is 9.93. The van der Waals surface area contributed by atoms with Crippen molar-refractivity contribution in [3.05, 3.63) is 71.8 Å². The van der Waals surface area contributed by atoms with E-state index in [4.69, 9.17) is 4.74 Å². The monoisotopic (exact) mass is 396 g/mol. The second-order valence-electron chi connectivity index (χ2n) is 6.48. The number of methoxy groups -OCH3 is 1. The maximum atomic E-state index is 12.4. The summed E-state index contributed by atoms with van der Waals surface area (Å²) in [6.07, 6.45) is 1.40. The van der Waals surface area contributed by atoms with Gasteiger partial charge < -0.3 is 20.2 Å². The lowest BCUT2D eigenvalue weighted by Crippen LogP contribution is -2.56. The van der Waals surface area contributed by atoms with Crippen LogP contribution < -0.4 is 10.6 Å². The summed E-state index contributed by atoms with van der Waals surface area (Å²) in [6.45, 7) is 0.371. The normalized spacial score (nSPS) is 12.3. The van der Waals surface area contributed by atoms with Crippen LogP contribution >= 0.6 is 0 Å². The molecule has 7 nitrogen and oxygen atoms in total. The first-order chi connectivity index (χ1) is 14.0. The van der Waals surface area contributed by atoms with Crippen molar-refractivity contribution in [1.29, 1.82) is 0 Å². The third-order valence-corrected chi connectivity index (χ3v) is 4.44. The van der Waals surface area contributed by atoms with E-state index in [0.29, 0.717) is 36.8 Å². The molecule has 29 heavy (non-hydrogen) atoms. The molecule has 0 unspecified atom stereocenters. The van der Waals surface area contributed by atoms with Crippen LogP contribution in [0, 0.1) is 0 Å². The second-order valence-corrected chi connectivity index (χ2v) is 6.48. The minimum absolute atomic E-state index is 0.0585. The van der Waals surface area contributed by atoms with Gasteiger partial charge in [-0.3, -0.25) is 9.59 Å². The van der Waals surface area contributed by atoms with E-state index in [1.54, 1.807) is 54.6 Å². The molecular formula is C22H24N2O5. The van der Waals surface area contributed by atoms with Gasteiger partial charge in [0.1, 0.15) is 0 Å². The van der Waals surface area contributed by atoms with Crippen molar-refractivity contribution in [1.82, 2.24) is 10.6 Å². The van der Waals surface area contributed by atoms with Gasteiger partial charge in [0.05, 0.1) is 7.11 Å². The molecule has 0 heterocycles. The maximum absolute atomic E-state index is 12.4. The van der Waals surface area contributed by atoms with Crippen LogP contribution in [0.15, 0.2) is 60.7 Å². The van der Waals surface area contributed by atoms with E-state index < -0.39 is 17.4 Å². The van der Waals surface area contributed by atoms with Crippen LogP contribution in [0.25, 0.3) is 0 Å². The number of carbonyl (C=O) groups excluding carboxylic acids is 4. The highest BCUT2D eigenvalue weighted by molar-refractivity contribution is 6.05. The van der Waals surface area contributed by atoms with Crippen LogP contribution in [-0.4, -0.2) is 43.3 Å². The predicted octanol–water partition coefficient (Wildman–Crippen LogP) is 2.13. The van der Waals surface area contributed by atoms with Gasteiger partial charge in [-0.1, -0.05) is 36.4 Å². The standard InChI is InChI=1S/C22H24N2O5/c1-29-21(28)22(16-25,24-20(27)18-12-6-3-7-13-18)14-8-9-15-23-19(26)17-10-4-2-5-11-17/h2-7,10-13,16H,8-9,14-15H2,1H3,(H,23,26)(H,24,27)/t22-/m1/s1. The molecule has 2 aromatic carbocycles. The lowest BCUT2D eigenvalue weighted by molar-refractivity contribution is -0.150. The van der Waals surface area contributed by atoms with Crippen LogP contribution in [0.4, 0.5) is 0 Å². The van der Waals surface area contributed by atoms with Crippen LogP contribution in [0.3, 0.4) is 0 Å². The summed E-state index contributed by atoms with van der Waals surface area (Å²) in [6, 6.07) is 17.1. The number of ether oxygens (including phenoxy) is 1. The third-order valence-electron chi connectivity index (χ3n) is 4.44. The Morgan fingerprint density at radius 1 is 0.897 bits per heavy atom. The molecule has 2 rings (SSSR count). The number of amides is 2. The van der Waals surface area contributed by atoms with Gasteiger partial charge in [0, 0.05) is 17.7 Å². The Kier molecular flexibility index (Phi) is 8.09. The summed E-state index contributed by atoms with van der Waals surface area (Å²) < 4.78 is 4.74. The van der Waals surface area contributed by atoms with Gasteiger partial charge in [0.2, 0.25) is 0 Å². The fourth-order valence-electron chi connectivity index (χ4n) is 2.82. The molecule has 2 aromatic rings. The lowest BCUT2D eigenvalue weighted by Gasteiger charge is -2.26. The van der Waals surface area contributed by atoms with E-state index in [2.05, 4.69) is 10.6 Å². The van der Waals surface area contributed by atoms with E-state index in [0.717, 1.165) is 7.11 Å². The van der Waals surface area contributed by atoms with Gasteiger partial charge in [0.25, 0.3) is 11.8 Å². The highest BCUT2D eigenvalue weighted by atomic mass is 16.5. The largest absolute Gasteiger partial charge is 0.467 e. The van der Waals surface area contributed by atoms with Crippen molar-refractivity contribution >= 4 is 24.1 Å². The number of carbonyl (C=O) groups is 4. The number of unbranched alkanes of at least 4 members (excludes halogenated alkanes) is 1. The summed E-state index contributed by atoms with van der Waals surface area (Å²) in [5.41, 5.74) is -0.886. The predicted molar refractivity (Wildman–Crippen MR) is 107 cm³/mol. The molecule has 1 atom stereocenters. The second kappa shape index (κ2) is 10.8. The Morgan fingerprint density at radius 2 is 1.45 bits per heavy atom. The zero-order valence-electron chi connectivity index (χ0n) is 16.2. The topological polar surface area (TPSA) is 102 Å². The van der Waals surface area contributed by atoms with Crippen LogP contribution in [0.5, 0.6) is 0 Å². The van der Waals surface area contributed by atoms with Gasteiger partial charge >= 0.3 is 5.97 Å². The molecule has 0 aromatic heterocycles. The summed E-state index contributed by atoms with van der Waals surface area (Å²) in [7, 11) is 1.16. The van der Waals surface area contributed by atoms with Crippen LogP contribution in [0.1, 0.15) is 40.0 Å². The highest BCUT2D eigenvalue weighted by Crippen LogP contribution is 2.16. The third kappa shape index (κ3) is 6.00. The minimum atomic E-state index is -1.77. The zero-order valence-corrected chi connectivity index (χ0v) is 16.2. The first kappa shape index (κ1) is 21.8. The minimum Gasteiger partial charge on any atom is -0.467 e. The van der Waals surface area contributed by atoms with Gasteiger partial charge in [-0.25, -0.2) is 4.79 Å². The maximum Gasteiger partial charge on any atom is 0.339 e. The SMILES string of the molecule is COC(=O)[C@](C=O)(CCCCNC(=O)c1ccccc1)NC(=O)c1ccccc1. The van der Waals surface area contributed by atoms with Gasteiger partial charge in [0.15, 0.2) is 11.8 Å². The number of rotatable bonds is 10. The molecule has 0 fully saturated rings. The highest BCUT2D eigenvalue weighted by Gasteiger charge is 2.40. The van der Waals surface area contributed by atoms with Crippen molar-refractivity contribution in [3.63, 3.8) is 0 Å². The number of nitrogens with one attached hydrogen (secondary N) is 2. The van der Waals surface area contributed by atoms with Crippen molar-refractivity contribution in [2.75, 3.05) is 13.7 Å². The average Bonchev–Trinajstić information content (AvgIpc) is 2.78. The number of aldehydes is 1. The van der Waals surface area contributed by atoms with E-state index in [-0.39, 0.29) is 12.3 Å². The van der Waals surface area contributed by atoms with Crippen LogP contribution in [0.2, 0.25) is 0 Å². The number of hydrogen-bond acceptors (Lipinski definition) is 5. The van der Waals surface area contributed by atoms with Crippen molar-refractivity contribution in [2.24, 2.45) is 0 Å². The Labute approximate surface area is 169 Å². The Hall–Kier alpha value is -3.48. The molecule has 2 amide bonds. The first-order valence-electron chi connectivity index (χ1n) is 9.28. The fraction of sp³-hybridized carbons (Fsp3) is 0.273. The molecule has 0 bridgehead atoms. The van der Waals surface area contributed by atoms with E-state index in [9.17, 15) is 19.2 Å². The molecular weight excluding hydrogens is 372 g/mol. The molecule has 0 aliphatic heterocycles.